The van der Waals surface area contributed by atoms with Crippen LogP contribution in [0.25, 0.3) is 11.1 Å². The molecular formula is C24H24ClNO3. The maximum absolute atomic E-state index is 10.9. The molecule has 29 heavy (non-hydrogen) atoms. The highest BCUT2D eigenvalue weighted by Crippen LogP contribution is 2.22. The summed E-state index contributed by atoms with van der Waals surface area (Å²) in [4.78, 5) is 10.9. The third kappa shape index (κ3) is 6.43. The lowest BCUT2D eigenvalue weighted by Gasteiger charge is -2.12. The Bertz CT molecular complexity index is 956. The highest BCUT2D eigenvalue weighted by molar-refractivity contribution is 6.30. The summed E-state index contributed by atoms with van der Waals surface area (Å²) in [6.07, 6.45) is 0.286. The molecule has 0 heterocycles. The molecule has 1 atom stereocenters. The summed E-state index contributed by atoms with van der Waals surface area (Å²) in [5.74, 6) is -0.828. The van der Waals surface area contributed by atoms with Gasteiger partial charge in [0, 0.05) is 11.6 Å². The van der Waals surface area contributed by atoms with Gasteiger partial charge in [-0.05, 0) is 52.9 Å². The van der Waals surface area contributed by atoms with E-state index in [4.69, 9.17) is 16.7 Å². The average Bonchev–Trinajstić information content (AvgIpc) is 2.71. The molecule has 0 aliphatic rings. The zero-order chi connectivity index (χ0) is 20.6. The van der Waals surface area contributed by atoms with Gasteiger partial charge in [0.1, 0.15) is 0 Å². The third-order valence-corrected chi connectivity index (χ3v) is 4.97. The Morgan fingerprint density at radius 2 is 1.69 bits per heavy atom. The molecule has 0 radical (unpaired) electrons. The number of benzene rings is 3. The Balaban J connectivity index is 1.50. The first-order valence-electron chi connectivity index (χ1n) is 9.55. The SMILES string of the molecule is O=C(O)Cc1cccc(-c2ccc(CCNC[C@H](O)c3cccc(Cl)c3)cc2)c1. The quantitative estimate of drug-likeness (QED) is 0.455. The van der Waals surface area contributed by atoms with Crippen molar-refractivity contribution in [2.24, 2.45) is 0 Å². The number of hydrogen-bond acceptors (Lipinski definition) is 3. The largest absolute Gasteiger partial charge is 0.481 e. The molecule has 0 saturated carbocycles. The molecule has 3 rings (SSSR count). The van der Waals surface area contributed by atoms with Gasteiger partial charge in [0.25, 0.3) is 0 Å². The van der Waals surface area contributed by atoms with E-state index in [1.807, 2.05) is 36.4 Å². The molecule has 0 saturated heterocycles. The van der Waals surface area contributed by atoms with Gasteiger partial charge in [0.2, 0.25) is 0 Å². The fourth-order valence-electron chi connectivity index (χ4n) is 3.20. The Labute approximate surface area is 175 Å². The second kappa shape index (κ2) is 10.2. The number of aliphatic hydroxyl groups is 1. The predicted molar refractivity (Wildman–Crippen MR) is 116 cm³/mol. The van der Waals surface area contributed by atoms with E-state index in [2.05, 4.69) is 29.6 Å². The van der Waals surface area contributed by atoms with Crippen molar-refractivity contribution in [2.45, 2.75) is 18.9 Å². The van der Waals surface area contributed by atoms with Gasteiger partial charge in [-0.25, -0.2) is 0 Å². The fourth-order valence-corrected chi connectivity index (χ4v) is 3.40. The summed E-state index contributed by atoms with van der Waals surface area (Å²) in [7, 11) is 0. The number of hydrogen-bond donors (Lipinski definition) is 3. The summed E-state index contributed by atoms with van der Waals surface area (Å²) in [6.45, 7) is 1.22. The van der Waals surface area contributed by atoms with Crippen LogP contribution in [0.1, 0.15) is 22.8 Å². The molecule has 3 aromatic rings. The smallest absolute Gasteiger partial charge is 0.307 e. The summed E-state index contributed by atoms with van der Waals surface area (Å²) in [5.41, 5.74) is 4.87. The van der Waals surface area contributed by atoms with Crippen LogP contribution < -0.4 is 5.32 Å². The van der Waals surface area contributed by atoms with Crippen molar-refractivity contribution in [1.82, 2.24) is 5.32 Å². The number of aliphatic carboxylic acids is 1. The number of carboxylic acids is 1. The highest BCUT2D eigenvalue weighted by Gasteiger charge is 2.07. The molecule has 0 aliphatic carbocycles. The Morgan fingerprint density at radius 3 is 2.41 bits per heavy atom. The minimum atomic E-state index is -0.828. The molecule has 3 aromatic carbocycles. The van der Waals surface area contributed by atoms with Gasteiger partial charge >= 0.3 is 5.97 Å². The van der Waals surface area contributed by atoms with Gasteiger partial charge in [-0.1, -0.05) is 72.3 Å². The standard InChI is InChI=1S/C24H24ClNO3/c25-22-6-2-5-21(15-22)23(27)16-26-12-11-17-7-9-19(10-8-17)20-4-1-3-18(13-20)14-24(28)29/h1-10,13,15,23,26-27H,11-12,14,16H2,(H,28,29)/t23-/m0/s1. The fraction of sp³-hybridized carbons (Fsp3) is 0.208. The zero-order valence-electron chi connectivity index (χ0n) is 16.0. The van der Waals surface area contributed by atoms with Crippen molar-refractivity contribution in [2.75, 3.05) is 13.1 Å². The minimum Gasteiger partial charge on any atom is -0.481 e. The van der Waals surface area contributed by atoms with Crippen molar-refractivity contribution in [3.05, 3.63) is 94.5 Å². The van der Waals surface area contributed by atoms with Gasteiger partial charge in [0.15, 0.2) is 0 Å². The second-order valence-electron chi connectivity index (χ2n) is 6.99. The van der Waals surface area contributed by atoms with E-state index in [-0.39, 0.29) is 6.42 Å². The molecule has 0 aliphatic heterocycles. The lowest BCUT2D eigenvalue weighted by atomic mass is 10.00. The Kier molecular flexibility index (Phi) is 7.42. The van der Waals surface area contributed by atoms with Crippen LogP contribution >= 0.6 is 11.6 Å². The maximum atomic E-state index is 10.9. The van der Waals surface area contributed by atoms with Gasteiger partial charge in [-0.15, -0.1) is 0 Å². The first kappa shape index (κ1) is 21.1. The van der Waals surface area contributed by atoms with Crippen LogP contribution in [0.5, 0.6) is 0 Å². The van der Waals surface area contributed by atoms with Crippen LogP contribution in [0.3, 0.4) is 0 Å². The van der Waals surface area contributed by atoms with Gasteiger partial charge in [-0.3, -0.25) is 4.79 Å². The van der Waals surface area contributed by atoms with Crippen molar-refractivity contribution < 1.29 is 15.0 Å². The van der Waals surface area contributed by atoms with E-state index in [0.717, 1.165) is 35.2 Å². The Morgan fingerprint density at radius 1 is 0.931 bits per heavy atom. The number of rotatable bonds is 9. The predicted octanol–water partition coefficient (Wildman–Crippen LogP) is 4.50. The topological polar surface area (TPSA) is 69.6 Å². The van der Waals surface area contributed by atoms with E-state index >= 15 is 0 Å². The van der Waals surface area contributed by atoms with Crippen LogP contribution in [0.15, 0.2) is 72.8 Å². The lowest BCUT2D eigenvalue weighted by molar-refractivity contribution is -0.136. The molecule has 0 aromatic heterocycles. The van der Waals surface area contributed by atoms with E-state index < -0.39 is 12.1 Å². The average molecular weight is 410 g/mol. The first-order chi connectivity index (χ1) is 14.0. The van der Waals surface area contributed by atoms with Gasteiger partial charge in [0.05, 0.1) is 12.5 Å². The molecule has 0 spiro atoms. The minimum absolute atomic E-state index is 0.0264. The van der Waals surface area contributed by atoms with E-state index in [1.165, 1.54) is 5.56 Å². The van der Waals surface area contributed by atoms with E-state index in [9.17, 15) is 9.90 Å². The van der Waals surface area contributed by atoms with Crippen LogP contribution in [0.4, 0.5) is 0 Å². The summed E-state index contributed by atoms with van der Waals surface area (Å²) in [5, 5.41) is 23.1. The zero-order valence-corrected chi connectivity index (χ0v) is 16.8. The van der Waals surface area contributed by atoms with Gasteiger partial charge in [-0.2, -0.15) is 0 Å². The van der Waals surface area contributed by atoms with Crippen LogP contribution in [0.2, 0.25) is 5.02 Å². The van der Waals surface area contributed by atoms with E-state index in [0.29, 0.717) is 11.6 Å². The molecule has 0 amide bonds. The van der Waals surface area contributed by atoms with Crippen molar-refractivity contribution in [3.8, 4) is 11.1 Å². The summed E-state index contributed by atoms with van der Waals surface area (Å²) in [6, 6.07) is 23.1. The molecule has 4 nitrogen and oxygen atoms in total. The number of nitrogens with one attached hydrogen (secondary N) is 1. The van der Waals surface area contributed by atoms with Crippen molar-refractivity contribution in [3.63, 3.8) is 0 Å². The molecule has 0 unspecified atom stereocenters. The van der Waals surface area contributed by atoms with Gasteiger partial charge < -0.3 is 15.5 Å². The maximum Gasteiger partial charge on any atom is 0.307 e. The van der Waals surface area contributed by atoms with Crippen LogP contribution in [-0.4, -0.2) is 29.3 Å². The van der Waals surface area contributed by atoms with Crippen molar-refractivity contribution >= 4 is 17.6 Å². The van der Waals surface area contributed by atoms with Crippen molar-refractivity contribution in [1.29, 1.82) is 0 Å². The van der Waals surface area contributed by atoms with Crippen LogP contribution in [0, 0.1) is 0 Å². The number of carbonyl (C=O) groups is 1. The molecule has 0 fully saturated rings. The third-order valence-electron chi connectivity index (χ3n) is 4.73. The van der Waals surface area contributed by atoms with E-state index in [1.54, 1.807) is 12.1 Å². The summed E-state index contributed by atoms with van der Waals surface area (Å²) < 4.78 is 0. The number of aliphatic hydroxyl groups excluding tert-OH is 1. The molecule has 150 valence electrons. The highest BCUT2D eigenvalue weighted by atomic mass is 35.5. The lowest BCUT2D eigenvalue weighted by Crippen LogP contribution is -2.23. The summed E-state index contributed by atoms with van der Waals surface area (Å²) >= 11 is 5.96. The number of halogens is 1. The molecule has 5 heteroatoms. The van der Waals surface area contributed by atoms with Crippen LogP contribution in [-0.2, 0) is 17.6 Å². The molecule has 0 bridgehead atoms. The number of carboxylic acid groups (broad SMARTS) is 1. The monoisotopic (exact) mass is 409 g/mol. The first-order valence-corrected chi connectivity index (χ1v) is 9.93. The second-order valence-corrected chi connectivity index (χ2v) is 7.43. The Hall–Kier alpha value is -2.66. The molecular weight excluding hydrogens is 386 g/mol. The molecule has 3 N–H and O–H groups in total. The normalized spacial score (nSPS) is 11.9.